The first kappa shape index (κ1) is 14.3. The lowest BCUT2D eigenvalue weighted by atomic mass is 9.72. The van der Waals surface area contributed by atoms with Crippen LogP contribution in [0.15, 0.2) is 0 Å². The molecule has 1 saturated carbocycles. The van der Waals surface area contributed by atoms with Gasteiger partial charge in [-0.05, 0) is 44.1 Å². The second kappa shape index (κ2) is 5.89. The Hall–Kier alpha value is -0.120. The van der Waals surface area contributed by atoms with Crippen molar-refractivity contribution >= 4 is 0 Å². The Morgan fingerprint density at radius 1 is 1.22 bits per heavy atom. The largest absolute Gasteiger partial charge is 0.391 e. The Labute approximate surface area is 112 Å². The molecular formula is C15H29NO2. The van der Waals surface area contributed by atoms with Crippen molar-refractivity contribution in [3.8, 4) is 0 Å². The fourth-order valence-corrected chi connectivity index (χ4v) is 3.53. The van der Waals surface area contributed by atoms with Crippen LogP contribution in [0.25, 0.3) is 0 Å². The van der Waals surface area contributed by atoms with Gasteiger partial charge in [-0.3, -0.25) is 0 Å². The fourth-order valence-electron chi connectivity index (χ4n) is 3.53. The van der Waals surface area contributed by atoms with Crippen molar-refractivity contribution in [1.29, 1.82) is 0 Å². The molecule has 1 aliphatic heterocycles. The lowest BCUT2D eigenvalue weighted by Gasteiger charge is -2.45. The molecule has 3 nitrogen and oxygen atoms in total. The minimum Gasteiger partial charge on any atom is -0.391 e. The first-order valence-electron chi connectivity index (χ1n) is 7.47. The second-order valence-electron chi connectivity index (χ2n) is 6.89. The molecule has 2 atom stereocenters. The Morgan fingerprint density at radius 2 is 1.89 bits per heavy atom. The fraction of sp³-hybridized carbons (Fsp3) is 1.00. The lowest BCUT2D eigenvalue weighted by molar-refractivity contribution is -0.0573. The van der Waals surface area contributed by atoms with Gasteiger partial charge in [0.15, 0.2) is 0 Å². The van der Waals surface area contributed by atoms with E-state index in [-0.39, 0.29) is 11.5 Å². The predicted octanol–water partition coefficient (Wildman–Crippen LogP) is 2.28. The Kier molecular flexibility index (Phi) is 4.68. The molecular weight excluding hydrogens is 226 g/mol. The Morgan fingerprint density at radius 3 is 2.56 bits per heavy atom. The van der Waals surface area contributed by atoms with Crippen LogP contribution in [0.5, 0.6) is 0 Å². The third-order valence-corrected chi connectivity index (χ3v) is 4.94. The van der Waals surface area contributed by atoms with Crippen molar-refractivity contribution in [2.45, 2.75) is 58.1 Å². The normalized spacial score (nSPS) is 33.8. The standard InChI is InChI=1S/C15H29NO2/c1-15(2)8-4-5-13(14(15)17)16(3)11-12-6-9-18-10-7-12/h12-14,17H,4-11H2,1-3H3. The first-order chi connectivity index (χ1) is 8.50. The molecule has 0 amide bonds. The van der Waals surface area contributed by atoms with Crippen molar-refractivity contribution in [3.05, 3.63) is 0 Å². The van der Waals surface area contributed by atoms with Gasteiger partial charge in [0, 0.05) is 25.8 Å². The van der Waals surface area contributed by atoms with E-state index in [1.54, 1.807) is 0 Å². The maximum absolute atomic E-state index is 10.5. The zero-order chi connectivity index (χ0) is 13.2. The van der Waals surface area contributed by atoms with E-state index >= 15 is 0 Å². The van der Waals surface area contributed by atoms with Gasteiger partial charge in [-0.1, -0.05) is 20.3 Å². The Balaban J connectivity index is 1.89. The van der Waals surface area contributed by atoms with Gasteiger partial charge in [0.2, 0.25) is 0 Å². The average molecular weight is 255 g/mol. The van der Waals surface area contributed by atoms with Gasteiger partial charge in [-0.25, -0.2) is 0 Å². The van der Waals surface area contributed by atoms with Gasteiger partial charge in [0.25, 0.3) is 0 Å². The van der Waals surface area contributed by atoms with Gasteiger partial charge in [0.1, 0.15) is 0 Å². The molecule has 1 saturated heterocycles. The summed E-state index contributed by atoms with van der Waals surface area (Å²) in [4.78, 5) is 2.40. The van der Waals surface area contributed by atoms with Crippen molar-refractivity contribution < 1.29 is 9.84 Å². The van der Waals surface area contributed by atoms with Crippen LogP contribution in [-0.2, 0) is 4.74 Å². The van der Waals surface area contributed by atoms with Crippen LogP contribution in [0, 0.1) is 11.3 Å². The molecule has 0 aromatic carbocycles. The summed E-state index contributed by atoms with van der Waals surface area (Å²) in [5.41, 5.74) is 0.0762. The summed E-state index contributed by atoms with van der Waals surface area (Å²) in [5, 5.41) is 10.5. The highest BCUT2D eigenvalue weighted by Gasteiger charge is 2.39. The second-order valence-corrected chi connectivity index (χ2v) is 6.89. The highest BCUT2D eigenvalue weighted by Crippen LogP contribution is 2.37. The summed E-state index contributed by atoms with van der Waals surface area (Å²) in [7, 11) is 2.19. The van der Waals surface area contributed by atoms with E-state index in [2.05, 4.69) is 25.8 Å². The van der Waals surface area contributed by atoms with E-state index in [1.807, 2.05) is 0 Å². The van der Waals surface area contributed by atoms with E-state index in [4.69, 9.17) is 4.74 Å². The summed E-state index contributed by atoms with van der Waals surface area (Å²) in [6.45, 7) is 7.34. The molecule has 1 aliphatic carbocycles. The summed E-state index contributed by atoms with van der Waals surface area (Å²) in [5.74, 6) is 0.751. The summed E-state index contributed by atoms with van der Waals surface area (Å²) < 4.78 is 5.41. The van der Waals surface area contributed by atoms with Crippen LogP contribution in [0.2, 0.25) is 0 Å². The Bertz CT molecular complexity index is 261. The molecule has 2 aliphatic rings. The quantitative estimate of drug-likeness (QED) is 0.840. The van der Waals surface area contributed by atoms with Gasteiger partial charge >= 0.3 is 0 Å². The molecule has 0 spiro atoms. The van der Waals surface area contributed by atoms with Crippen LogP contribution in [0.4, 0.5) is 0 Å². The van der Waals surface area contributed by atoms with E-state index < -0.39 is 0 Å². The number of hydrogen-bond acceptors (Lipinski definition) is 3. The van der Waals surface area contributed by atoms with Crippen LogP contribution in [0.1, 0.15) is 46.0 Å². The molecule has 106 valence electrons. The minimum absolute atomic E-state index is 0.0762. The third-order valence-electron chi connectivity index (χ3n) is 4.94. The maximum atomic E-state index is 10.5. The number of aliphatic hydroxyl groups excluding tert-OH is 1. The number of aliphatic hydroxyl groups is 1. The highest BCUT2D eigenvalue weighted by molar-refractivity contribution is 4.93. The van der Waals surface area contributed by atoms with E-state index in [9.17, 15) is 5.11 Å². The zero-order valence-electron chi connectivity index (χ0n) is 12.2. The number of ether oxygens (including phenoxy) is 1. The SMILES string of the molecule is CN(CC1CCOCC1)C1CCCC(C)(C)C1O. The average Bonchev–Trinajstić information content (AvgIpc) is 2.34. The molecule has 2 fully saturated rings. The monoisotopic (exact) mass is 255 g/mol. The molecule has 0 aromatic rings. The summed E-state index contributed by atoms with van der Waals surface area (Å²) >= 11 is 0. The van der Waals surface area contributed by atoms with Crippen LogP contribution < -0.4 is 0 Å². The zero-order valence-corrected chi connectivity index (χ0v) is 12.2. The van der Waals surface area contributed by atoms with Gasteiger partial charge in [0.05, 0.1) is 6.10 Å². The van der Waals surface area contributed by atoms with E-state index in [0.717, 1.165) is 38.5 Å². The summed E-state index contributed by atoms with van der Waals surface area (Å²) in [6, 6.07) is 0.344. The molecule has 2 rings (SSSR count). The molecule has 18 heavy (non-hydrogen) atoms. The highest BCUT2D eigenvalue weighted by atomic mass is 16.5. The van der Waals surface area contributed by atoms with Gasteiger partial charge in [-0.15, -0.1) is 0 Å². The van der Waals surface area contributed by atoms with E-state index in [1.165, 1.54) is 19.3 Å². The van der Waals surface area contributed by atoms with E-state index in [0.29, 0.717) is 6.04 Å². The van der Waals surface area contributed by atoms with Crippen LogP contribution in [-0.4, -0.2) is 49.0 Å². The van der Waals surface area contributed by atoms with Gasteiger partial charge in [-0.2, -0.15) is 0 Å². The first-order valence-corrected chi connectivity index (χ1v) is 7.47. The molecule has 0 radical (unpaired) electrons. The van der Waals surface area contributed by atoms with Crippen molar-refractivity contribution in [3.63, 3.8) is 0 Å². The molecule has 3 heteroatoms. The molecule has 1 heterocycles. The van der Waals surface area contributed by atoms with Crippen molar-refractivity contribution in [2.75, 3.05) is 26.8 Å². The lowest BCUT2D eigenvalue weighted by Crippen LogP contribution is -2.52. The van der Waals surface area contributed by atoms with Gasteiger partial charge < -0.3 is 14.7 Å². The number of rotatable bonds is 3. The third kappa shape index (κ3) is 3.25. The summed E-state index contributed by atoms with van der Waals surface area (Å²) in [6.07, 6.45) is 5.70. The minimum atomic E-state index is -0.184. The molecule has 0 bridgehead atoms. The predicted molar refractivity (Wildman–Crippen MR) is 73.6 cm³/mol. The maximum Gasteiger partial charge on any atom is 0.0746 e. The van der Waals surface area contributed by atoms with Crippen LogP contribution >= 0.6 is 0 Å². The molecule has 1 N–H and O–H groups in total. The topological polar surface area (TPSA) is 32.7 Å². The number of likely N-dealkylation sites (N-methyl/N-ethyl adjacent to an activating group) is 1. The number of nitrogens with zero attached hydrogens (tertiary/aromatic N) is 1. The molecule has 2 unspecified atom stereocenters. The van der Waals surface area contributed by atoms with Crippen molar-refractivity contribution in [2.24, 2.45) is 11.3 Å². The van der Waals surface area contributed by atoms with Crippen molar-refractivity contribution in [1.82, 2.24) is 4.90 Å². The number of hydrogen-bond donors (Lipinski definition) is 1. The molecule has 0 aromatic heterocycles. The smallest absolute Gasteiger partial charge is 0.0746 e. The van der Waals surface area contributed by atoms with Crippen LogP contribution in [0.3, 0.4) is 0 Å².